The smallest absolute Gasteiger partial charge is 0.305 e. The molecule has 0 heterocycles. The SMILES string of the molecule is CCCCCCC/C=C\CCCCCCCC(=O)OCCCCCCCCCCCCC/C=C\C/C=C\CCCCCCCCCCCCCCCCCCCC(=O)NC(CO)C(O)CCCCCCCCCCCCCCCC. The summed E-state index contributed by atoms with van der Waals surface area (Å²) >= 11 is 0. The summed E-state index contributed by atoms with van der Waals surface area (Å²) in [6, 6.07) is -0.539. The molecule has 0 aromatic rings. The minimum atomic E-state index is -0.662. The standard InChI is InChI=1S/C74H141NO5/c1-3-5-7-9-11-13-15-17-42-46-50-54-58-62-66-72(77)71(70-76)75-73(78)67-63-59-55-51-47-43-40-38-36-34-32-30-28-26-24-22-20-19-21-23-25-27-29-31-33-35-37-39-41-45-49-53-57-61-65-69-80-74(79)68-64-60-56-52-48-44-18-16-14-12-10-8-6-4-2/h16,18,21,23,27,29,71-72,76-77H,3-15,17,19-20,22,24-26,28,30-70H2,1-2H3,(H,75,78)/b18-16-,23-21-,29-27-. The number of aliphatic hydroxyl groups is 2. The Morgan fingerprint density at radius 3 is 0.963 bits per heavy atom. The highest BCUT2D eigenvalue weighted by atomic mass is 16.5. The maximum Gasteiger partial charge on any atom is 0.305 e. The molecule has 0 aromatic heterocycles. The Bertz CT molecular complexity index is 1300. The second-order valence-corrected chi connectivity index (χ2v) is 24.9. The van der Waals surface area contributed by atoms with Crippen molar-refractivity contribution in [3.8, 4) is 0 Å². The first-order valence-corrected chi connectivity index (χ1v) is 36.2. The fourth-order valence-electron chi connectivity index (χ4n) is 11.4. The van der Waals surface area contributed by atoms with Gasteiger partial charge in [0.1, 0.15) is 0 Å². The Morgan fingerprint density at radius 1 is 0.350 bits per heavy atom. The van der Waals surface area contributed by atoms with Crippen LogP contribution in [0.3, 0.4) is 0 Å². The van der Waals surface area contributed by atoms with Crippen molar-refractivity contribution < 1.29 is 24.5 Å². The molecule has 80 heavy (non-hydrogen) atoms. The van der Waals surface area contributed by atoms with Crippen LogP contribution >= 0.6 is 0 Å². The van der Waals surface area contributed by atoms with Crippen molar-refractivity contribution in [2.45, 2.75) is 411 Å². The molecule has 0 aliphatic carbocycles. The fraction of sp³-hybridized carbons (Fsp3) is 0.892. The van der Waals surface area contributed by atoms with E-state index in [4.69, 9.17) is 4.74 Å². The van der Waals surface area contributed by atoms with Crippen molar-refractivity contribution in [1.29, 1.82) is 0 Å². The molecule has 0 saturated heterocycles. The lowest BCUT2D eigenvalue weighted by molar-refractivity contribution is -0.143. The molecule has 472 valence electrons. The molecule has 2 atom stereocenters. The largest absolute Gasteiger partial charge is 0.466 e. The molecular weight excluding hydrogens is 983 g/mol. The van der Waals surface area contributed by atoms with Crippen LogP contribution in [-0.2, 0) is 14.3 Å². The van der Waals surface area contributed by atoms with Crippen LogP contribution in [0.4, 0.5) is 0 Å². The van der Waals surface area contributed by atoms with Crippen molar-refractivity contribution in [2.24, 2.45) is 0 Å². The number of unbranched alkanes of at least 4 members (excludes halogenated alkanes) is 51. The van der Waals surface area contributed by atoms with Crippen LogP contribution < -0.4 is 5.32 Å². The highest BCUT2D eigenvalue weighted by Crippen LogP contribution is 2.19. The second kappa shape index (κ2) is 69.6. The van der Waals surface area contributed by atoms with Crippen molar-refractivity contribution in [3.05, 3.63) is 36.5 Å². The number of rotatable bonds is 68. The van der Waals surface area contributed by atoms with E-state index in [9.17, 15) is 19.8 Å². The van der Waals surface area contributed by atoms with Crippen molar-refractivity contribution in [2.75, 3.05) is 13.2 Å². The second-order valence-electron chi connectivity index (χ2n) is 24.9. The minimum Gasteiger partial charge on any atom is -0.466 e. The summed E-state index contributed by atoms with van der Waals surface area (Å²) < 4.78 is 5.48. The van der Waals surface area contributed by atoms with Crippen LogP contribution in [0.5, 0.6) is 0 Å². The van der Waals surface area contributed by atoms with Gasteiger partial charge in [0.25, 0.3) is 0 Å². The lowest BCUT2D eigenvalue weighted by atomic mass is 10.0. The molecule has 0 aliphatic rings. The average molecular weight is 1120 g/mol. The summed E-state index contributed by atoms with van der Waals surface area (Å²) in [5.41, 5.74) is 0. The minimum absolute atomic E-state index is 0.00855. The summed E-state index contributed by atoms with van der Waals surface area (Å²) in [6.07, 6.45) is 89.2. The molecule has 0 bridgehead atoms. The van der Waals surface area contributed by atoms with Gasteiger partial charge in [0.2, 0.25) is 5.91 Å². The summed E-state index contributed by atoms with van der Waals surface area (Å²) in [7, 11) is 0. The molecule has 0 radical (unpaired) electrons. The highest BCUT2D eigenvalue weighted by Gasteiger charge is 2.20. The van der Waals surface area contributed by atoms with E-state index in [1.165, 1.54) is 315 Å². The number of hydrogen-bond donors (Lipinski definition) is 3. The molecule has 6 nitrogen and oxygen atoms in total. The summed E-state index contributed by atoms with van der Waals surface area (Å²) in [4.78, 5) is 24.6. The number of amides is 1. The molecule has 1 amide bonds. The maximum absolute atomic E-state index is 12.5. The third-order valence-electron chi connectivity index (χ3n) is 16.9. The van der Waals surface area contributed by atoms with E-state index >= 15 is 0 Å². The van der Waals surface area contributed by atoms with Crippen LogP contribution in [0.15, 0.2) is 36.5 Å². The Morgan fingerprint density at radius 2 is 0.625 bits per heavy atom. The first kappa shape index (κ1) is 78.1. The molecule has 0 rings (SSSR count). The van der Waals surface area contributed by atoms with Gasteiger partial charge >= 0.3 is 5.97 Å². The van der Waals surface area contributed by atoms with Crippen LogP contribution in [-0.4, -0.2) is 47.4 Å². The Labute approximate surface area is 500 Å². The molecule has 0 aromatic carbocycles. The number of aliphatic hydroxyl groups excluding tert-OH is 2. The summed E-state index contributed by atoms with van der Waals surface area (Å²) in [6.45, 7) is 4.97. The van der Waals surface area contributed by atoms with Gasteiger partial charge in [0.15, 0.2) is 0 Å². The monoisotopic (exact) mass is 1120 g/mol. The number of carbonyl (C=O) groups excluding carboxylic acids is 2. The van der Waals surface area contributed by atoms with Crippen molar-refractivity contribution in [1.82, 2.24) is 5.32 Å². The van der Waals surface area contributed by atoms with Gasteiger partial charge in [0.05, 0.1) is 25.4 Å². The van der Waals surface area contributed by atoms with Crippen LogP contribution in [0.25, 0.3) is 0 Å². The number of esters is 1. The zero-order valence-corrected chi connectivity index (χ0v) is 54.1. The Kier molecular flexibility index (Phi) is 67.9. The number of ether oxygens (including phenoxy) is 1. The van der Waals surface area contributed by atoms with Gasteiger partial charge in [-0.3, -0.25) is 9.59 Å². The van der Waals surface area contributed by atoms with Crippen LogP contribution in [0.1, 0.15) is 399 Å². The third-order valence-corrected chi connectivity index (χ3v) is 16.9. The van der Waals surface area contributed by atoms with Gasteiger partial charge in [-0.2, -0.15) is 0 Å². The zero-order chi connectivity index (χ0) is 57.8. The molecule has 0 aliphatic heterocycles. The molecular formula is C74H141NO5. The lowest BCUT2D eigenvalue weighted by Gasteiger charge is -2.22. The van der Waals surface area contributed by atoms with E-state index < -0.39 is 12.1 Å². The Hall–Kier alpha value is -1.92. The van der Waals surface area contributed by atoms with Gasteiger partial charge in [-0.25, -0.2) is 0 Å². The molecule has 0 fully saturated rings. The maximum atomic E-state index is 12.5. The van der Waals surface area contributed by atoms with Gasteiger partial charge < -0.3 is 20.3 Å². The third kappa shape index (κ3) is 65.2. The Balaban J connectivity index is 3.36. The normalized spacial score (nSPS) is 12.7. The van der Waals surface area contributed by atoms with E-state index in [-0.39, 0.29) is 18.5 Å². The number of carbonyl (C=O) groups is 2. The van der Waals surface area contributed by atoms with E-state index in [0.717, 1.165) is 51.4 Å². The van der Waals surface area contributed by atoms with Gasteiger partial charge in [0, 0.05) is 12.8 Å². The van der Waals surface area contributed by atoms with Gasteiger partial charge in [-0.15, -0.1) is 0 Å². The number of hydrogen-bond acceptors (Lipinski definition) is 5. The first-order chi connectivity index (χ1) is 39.5. The topological polar surface area (TPSA) is 95.9 Å². The molecule has 0 spiro atoms. The molecule has 0 saturated carbocycles. The van der Waals surface area contributed by atoms with E-state index in [1.807, 2.05) is 0 Å². The first-order valence-electron chi connectivity index (χ1n) is 36.2. The quantitative estimate of drug-likeness (QED) is 0.0320. The highest BCUT2D eigenvalue weighted by molar-refractivity contribution is 5.76. The number of nitrogens with one attached hydrogen (secondary N) is 1. The summed E-state index contributed by atoms with van der Waals surface area (Å²) in [5, 5.41) is 23.3. The van der Waals surface area contributed by atoms with E-state index in [2.05, 4.69) is 55.6 Å². The molecule has 6 heteroatoms. The average Bonchev–Trinajstić information content (AvgIpc) is 3.46. The van der Waals surface area contributed by atoms with Crippen LogP contribution in [0, 0.1) is 0 Å². The van der Waals surface area contributed by atoms with Crippen molar-refractivity contribution in [3.63, 3.8) is 0 Å². The predicted octanol–water partition coefficient (Wildman–Crippen LogP) is 23.5. The number of allylic oxidation sites excluding steroid dienone is 6. The molecule has 3 N–H and O–H groups in total. The predicted molar refractivity (Wildman–Crippen MR) is 352 cm³/mol. The molecule has 2 unspecified atom stereocenters. The van der Waals surface area contributed by atoms with E-state index in [0.29, 0.717) is 25.9 Å². The fourth-order valence-corrected chi connectivity index (χ4v) is 11.4. The van der Waals surface area contributed by atoms with Crippen molar-refractivity contribution >= 4 is 11.9 Å². The lowest BCUT2D eigenvalue weighted by Crippen LogP contribution is -2.45. The van der Waals surface area contributed by atoms with Gasteiger partial charge in [-0.05, 0) is 83.5 Å². The van der Waals surface area contributed by atoms with Gasteiger partial charge in [-0.1, -0.05) is 339 Å². The van der Waals surface area contributed by atoms with E-state index in [1.54, 1.807) is 0 Å². The zero-order valence-electron chi connectivity index (χ0n) is 54.1. The summed E-state index contributed by atoms with van der Waals surface area (Å²) in [5.74, 6) is -0.0218. The van der Waals surface area contributed by atoms with Crippen LogP contribution in [0.2, 0.25) is 0 Å².